The van der Waals surface area contributed by atoms with Crippen LogP contribution >= 0.6 is 15.9 Å². The fourth-order valence-corrected chi connectivity index (χ4v) is 3.42. The molecule has 0 bridgehead atoms. The largest absolute Gasteiger partial charge is 0.339 e. The zero-order valence-electron chi connectivity index (χ0n) is 12.3. The Balaban J connectivity index is 1.94. The Hall–Kier alpha value is -0.870. The van der Waals surface area contributed by atoms with Crippen LogP contribution in [-0.2, 0) is 0 Å². The highest BCUT2D eigenvalue weighted by molar-refractivity contribution is 9.10. The van der Waals surface area contributed by atoms with Crippen molar-refractivity contribution < 1.29 is 4.79 Å². The third kappa shape index (κ3) is 4.06. The van der Waals surface area contributed by atoms with Gasteiger partial charge in [-0.1, -0.05) is 15.9 Å². The minimum atomic E-state index is 0.168. The summed E-state index contributed by atoms with van der Waals surface area (Å²) in [5, 5.41) is 3.20. The van der Waals surface area contributed by atoms with Crippen LogP contribution in [0.3, 0.4) is 0 Å². The van der Waals surface area contributed by atoms with Gasteiger partial charge in [-0.15, -0.1) is 0 Å². The minimum absolute atomic E-state index is 0.168. The first-order chi connectivity index (χ1) is 9.60. The maximum absolute atomic E-state index is 12.5. The number of piperidine rings is 1. The van der Waals surface area contributed by atoms with Gasteiger partial charge in [0.2, 0.25) is 0 Å². The van der Waals surface area contributed by atoms with Gasteiger partial charge in [-0.25, -0.2) is 0 Å². The van der Waals surface area contributed by atoms with E-state index in [9.17, 15) is 4.79 Å². The fraction of sp³-hybridized carbons (Fsp3) is 0.562. The molecule has 1 aliphatic heterocycles. The van der Waals surface area contributed by atoms with E-state index in [0.717, 1.165) is 54.0 Å². The molecule has 0 spiro atoms. The van der Waals surface area contributed by atoms with Gasteiger partial charge in [-0.05, 0) is 69.5 Å². The van der Waals surface area contributed by atoms with Crippen molar-refractivity contribution in [3.63, 3.8) is 0 Å². The lowest BCUT2D eigenvalue weighted by molar-refractivity contribution is 0.0687. The molecule has 0 unspecified atom stereocenters. The zero-order chi connectivity index (χ0) is 14.5. The topological polar surface area (TPSA) is 32.3 Å². The van der Waals surface area contributed by atoms with Crippen molar-refractivity contribution >= 4 is 21.8 Å². The lowest BCUT2D eigenvalue weighted by atomic mass is 9.93. The van der Waals surface area contributed by atoms with Crippen LogP contribution in [0.5, 0.6) is 0 Å². The second-order valence-corrected chi connectivity index (χ2v) is 6.56. The summed E-state index contributed by atoms with van der Waals surface area (Å²) in [5.74, 6) is 0.928. The van der Waals surface area contributed by atoms with E-state index in [2.05, 4.69) is 21.2 Å². The molecule has 1 saturated heterocycles. The van der Waals surface area contributed by atoms with Crippen molar-refractivity contribution in [2.75, 3.05) is 26.7 Å². The summed E-state index contributed by atoms with van der Waals surface area (Å²) in [5.41, 5.74) is 1.91. The maximum atomic E-state index is 12.5. The monoisotopic (exact) mass is 338 g/mol. The van der Waals surface area contributed by atoms with E-state index in [4.69, 9.17) is 0 Å². The first-order valence-corrected chi connectivity index (χ1v) is 8.10. The van der Waals surface area contributed by atoms with E-state index in [-0.39, 0.29) is 5.91 Å². The highest BCUT2D eigenvalue weighted by Gasteiger charge is 2.23. The summed E-state index contributed by atoms with van der Waals surface area (Å²) >= 11 is 3.47. The predicted molar refractivity (Wildman–Crippen MR) is 86.1 cm³/mol. The van der Waals surface area contributed by atoms with Gasteiger partial charge < -0.3 is 10.2 Å². The molecule has 1 N–H and O–H groups in total. The van der Waals surface area contributed by atoms with Gasteiger partial charge >= 0.3 is 0 Å². The van der Waals surface area contributed by atoms with Crippen molar-refractivity contribution in [3.8, 4) is 0 Å². The molecular weight excluding hydrogens is 316 g/mol. The van der Waals surface area contributed by atoms with Gasteiger partial charge in [0.1, 0.15) is 0 Å². The Morgan fingerprint density at radius 1 is 1.35 bits per heavy atom. The normalized spacial score (nSPS) is 16.4. The van der Waals surface area contributed by atoms with Gasteiger partial charge in [0.05, 0.1) is 0 Å². The fourth-order valence-electron chi connectivity index (χ4n) is 2.82. The second-order valence-electron chi connectivity index (χ2n) is 5.65. The van der Waals surface area contributed by atoms with E-state index < -0.39 is 0 Å². The van der Waals surface area contributed by atoms with Crippen LogP contribution in [0.1, 0.15) is 35.2 Å². The summed E-state index contributed by atoms with van der Waals surface area (Å²) in [6.45, 7) is 4.87. The van der Waals surface area contributed by atoms with Crippen LogP contribution in [0.25, 0.3) is 0 Å². The SMILES string of the molecule is CNCCC1CCN(C(=O)c2cc(C)cc(Br)c2)CC1. The third-order valence-electron chi connectivity index (χ3n) is 3.99. The number of rotatable bonds is 4. The average Bonchev–Trinajstić information content (AvgIpc) is 2.44. The number of nitrogens with zero attached hydrogens (tertiary/aromatic N) is 1. The lowest BCUT2D eigenvalue weighted by Gasteiger charge is -2.32. The number of nitrogens with one attached hydrogen (secondary N) is 1. The van der Waals surface area contributed by atoms with Crippen molar-refractivity contribution in [3.05, 3.63) is 33.8 Å². The van der Waals surface area contributed by atoms with Crippen molar-refractivity contribution in [2.24, 2.45) is 5.92 Å². The molecule has 3 nitrogen and oxygen atoms in total. The molecule has 0 aromatic heterocycles. The van der Waals surface area contributed by atoms with Crippen LogP contribution in [0.15, 0.2) is 22.7 Å². The first-order valence-electron chi connectivity index (χ1n) is 7.31. The van der Waals surface area contributed by atoms with Crippen LogP contribution in [0.4, 0.5) is 0 Å². The molecule has 110 valence electrons. The molecule has 0 atom stereocenters. The highest BCUT2D eigenvalue weighted by atomic mass is 79.9. The Bertz CT molecular complexity index is 447. The van der Waals surface area contributed by atoms with E-state index in [1.165, 1.54) is 6.42 Å². The summed E-state index contributed by atoms with van der Waals surface area (Å²) in [4.78, 5) is 14.5. The van der Waals surface area contributed by atoms with Gasteiger partial charge in [-0.2, -0.15) is 0 Å². The number of carbonyl (C=O) groups excluding carboxylic acids is 1. The number of amides is 1. The van der Waals surface area contributed by atoms with Gasteiger partial charge in [0.15, 0.2) is 0 Å². The molecule has 0 aliphatic carbocycles. The molecule has 4 heteroatoms. The molecule has 1 aromatic carbocycles. The van der Waals surface area contributed by atoms with Crippen molar-refractivity contribution in [1.82, 2.24) is 10.2 Å². The number of hydrogen-bond acceptors (Lipinski definition) is 2. The number of hydrogen-bond donors (Lipinski definition) is 1. The highest BCUT2D eigenvalue weighted by Crippen LogP contribution is 2.23. The average molecular weight is 339 g/mol. The van der Waals surface area contributed by atoms with E-state index in [0.29, 0.717) is 0 Å². The van der Waals surface area contributed by atoms with E-state index in [1.54, 1.807) is 0 Å². The Morgan fingerprint density at radius 3 is 2.65 bits per heavy atom. The summed E-state index contributed by atoms with van der Waals surface area (Å²) in [6, 6.07) is 5.92. The van der Waals surface area contributed by atoms with Gasteiger partial charge in [0.25, 0.3) is 5.91 Å². The van der Waals surface area contributed by atoms with E-state index >= 15 is 0 Å². The quantitative estimate of drug-likeness (QED) is 0.914. The van der Waals surface area contributed by atoms with Gasteiger partial charge in [-0.3, -0.25) is 4.79 Å². The maximum Gasteiger partial charge on any atom is 0.253 e. The van der Waals surface area contributed by atoms with Crippen LogP contribution < -0.4 is 5.32 Å². The number of aryl methyl sites for hydroxylation is 1. The standard InChI is InChI=1S/C16H23BrN2O/c1-12-9-14(11-15(17)10-12)16(20)19-7-4-13(5-8-19)3-6-18-2/h9-11,13,18H,3-8H2,1-2H3. The van der Waals surface area contributed by atoms with Crippen LogP contribution in [0, 0.1) is 12.8 Å². The van der Waals surface area contributed by atoms with Crippen LogP contribution in [0.2, 0.25) is 0 Å². The molecular formula is C16H23BrN2O. The third-order valence-corrected chi connectivity index (χ3v) is 4.45. The molecule has 0 saturated carbocycles. The second kappa shape index (κ2) is 7.23. The summed E-state index contributed by atoms with van der Waals surface area (Å²) in [6.07, 6.45) is 3.47. The molecule has 1 amide bonds. The number of benzene rings is 1. The molecule has 1 fully saturated rings. The smallest absolute Gasteiger partial charge is 0.253 e. The number of likely N-dealkylation sites (tertiary alicyclic amines) is 1. The minimum Gasteiger partial charge on any atom is -0.339 e. The van der Waals surface area contributed by atoms with Crippen molar-refractivity contribution in [2.45, 2.75) is 26.2 Å². The summed E-state index contributed by atoms with van der Waals surface area (Å²) < 4.78 is 0.977. The summed E-state index contributed by atoms with van der Waals surface area (Å²) in [7, 11) is 1.99. The molecule has 1 aromatic rings. The Labute approximate surface area is 129 Å². The van der Waals surface area contributed by atoms with E-state index in [1.807, 2.05) is 37.1 Å². The molecule has 20 heavy (non-hydrogen) atoms. The van der Waals surface area contributed by atoms with Crippen molar-refractivity contribution in [1.29, 1.82) is 0 Å². The van der Waals surface area contributed by atoms with Gasteiger partial charge in [0, 0.05) is 23.1 Å². The Morgan fingerprint density at radius 2 is 2.05 bits per heavy atom. The lowest BCUT2D eigenvalue weighted by Crippen LogP contribution is -2.39. The molecule has 0 radical (unpaired) electrons. The van der Waals surface area contributed by atoms with Crippen LogP contribution in [-0.4, -0.2) is 37.5 Å². The zero-order valence-corrected chi connectivity index (χ0v) is 13.9. The first kappa shape index (κ1) is 15.5. The molecule has 1 aliphatic rings. The predicted octanol–water partition coefficient (Wildman–Crippen LogP) is 3.22. The number of halogens is 1. The molecule has 2 rings (SSSR count). The molecule has 1 heterocycles. The number of carbonyl (C=O) groups is 1. The Kier molecular flexibility index (Phi) is 5.61.